The fourth-order valence-electron chi connectivity index (χ4n) is 2.19. The fourth-order valence-corrected chi connectivity index (χ4v) is 2.19. The molecule has 2 rings (SSSR count). The third-order valence-corrected chi connectivity index (χ3v) is 3.14. The Morgan fingerprint density at radius 1 is 1.53 bits per heavy atom. The Hall–Kier alpha value is -1.98. The molecule has 0 amide bonds. The molecule has 0 aromatic carbocycles. The second-order valence-electron chi connectivity index (χ2n) is 4.45. The van der Waals surface area contributed by atoms with E-state index in [1.807, 2.05) is 11.8 Å². The van der Waals surface area contributed by atoms with Gasteiger partial charge in [-0.1, -0.05) is 0 Å². The number of rotatable bonds is 4. The number of hydrogen-bond donors (Lipinski definition) is 0. The highest BCUT2D eigenvalue weighted by Gasteiger charge is 2.27. The van der Waals surface area contributed by atoms with Gasteiger partial charge < -0.3 is 9.64 Å². The molecule has 0 bridgehead atoms. The van der Waals surface area contributed by atoms with Crippen LogP contribution in [0.5, 0.6) is 0 Å². The summed E-state index contributed by atoms with van der Waals surface area (Å²) in [5, 5.41) is 0. The highest BCUT2D eigenvalue weighted by atomic mass is 16.5. The molecule has 6 nitrogen and oxygen atoms in total. The number of esters is 1. The predicted octanol–water partition coefficient (Wildman–Crippen LogP) is 1.07. The molecule has 1 aliphatic heterocycles. The van der Waals surface area contributed by atoms with Gasteiger partial charge in [-0.25, -0.2) is 9.97 Å². The highest BCUT2D eigenvalue weighted by Crippen LogP contribution is 2.21. The van der Waals surface area contributed by atoms with Crippen LogP contribution in [0.3, 0.4) is 0 Å². The van der Waals surface area contributed by atoms with E-state index in [4.69, 9.17) is 4.74 Å². The van der Waals surface area contributed by atoms with Gasteiger partial charge in [0.05, 0.1) is 24.9 Å². The summed E-state index contributed by atoms with van der Waals surface area (Å²) in [5.74, 6) is 0.436. The molecule has 0 spiro atoms. The SMILES string of the molecule is CCOC(=O)C1CCCN(c2cnc(C=O)cn2)C1. The maximum Gasteiger partial charge on any atom is 0.310 e. The van der Waals surface area contributed by atoms with Crippen LogP contribution in [0.25, 0.3) is 0 Å². The second-order valence-corrected chi connectivity index (χ2v) is 4.45. The molecule has 102 valence electrons. The van der Waals surface area contributed by atoms with Crippen LogP contribution in [0.2, 0.25) is 0 Å². The number of piperidine rings is 1. The highest BCUT2D eigenvalue weighted by molar-refractivity contribution is 5.73. The van der Waals surface area contributed by atoms with Gasteiger partial charge in [0.25, 0.3) is 0 Å². The number of carbonyl (C=O) groups excluding carboxylic acids is 2. The fraction of sp³-hybridized carbons (Fsp3) is 0.538. The van der Waals surface area contributed by atoms with Crippen molar-refractivity contribution in [2.75, 3.05) is 24.6 Å². The van der Waals surface area contributed by atoms with Gasteiger partial charge in [0.15, 0.2) is 6.29 Å². The van der Waals surface area contributed by atoms with Crippen LogP contribution in [0.15, 0.2) is 12.4 Å². The van der Waals surface area contributed by atoms with Crippen LogP contribution in [0.1, 0.15) is 30.3 Å². The van der Waals surface area contributed by atoms with E-state index in [2.05, 4.69) is 9.97 Å². The molecule has 2 heterocycles. The van der Waals surface area contributed by atoms with E-state index >= 15 is 0 Å². The first-order chi connectivity index (χ1) is 9.24. The van der Waals surface area contributed by atoms with Gasteiger partial charge in [-0.2, -0.15) is 0 Å². The summed E-state index contributed by atoms with van der Waals surface area (Å²) in [4.78, 5) is 32.5. The van der Waals surface area contributed by atoms with Crippen molar-refractivity contribution in [3.05, 3.63) is 18.1 Å². The Bertz CT molecular complexity index is 447. The summed E-state index contributed by atoms with van der Waals surface area (Å²) in [7, 11) is 0. The lowest BCUT2D eigenvalue weighted by molar-refractivity contribution is -0.148. The zero-order chi connectivity index (χ0) is 13.7. The first-order valence-corrected chi connectivity index (χ1v) is 6.43. The smallest absolute Gasteiger partial charge is 0.310 e. The number of ether oxygens (including phenoxy) is 1. The second kappa shape index (κ2) is 6.26. The minimum atomic E-state index is -0.148. The molecule has 1 aromatic heterocycles. The quantitative estimate of drug-likeness (QED) is 0.597. The van der Waals surface area contributed by atoms with Gasteiger partial charge in [-0.15, -0.1) is 0 Å². The van der Waals surface area contributed by atoms with Crippen LogP contribution in [0, 0.1) is 5.92 Å². The van der Waals surface area contributed by atoms with Gasteiger partial charge in [0, 0.05) is 13.1 Å². The third-order valence-electron chi connectivity index (χ3n) is 3.14. The van der Waals surface area contributed by atoms with Crippen molar-refractivity contribution in [1.29, 1.82) is 0 Å². The number of anilines is 1. The Kier molecular flexibility index (Phi) is 4.43. The van der Waals surface area contributed by atoms with Gasteiger partial charge in [0.2, 0.25) is 0 Å². The number of carbonyl (C=O) groups is 2. The lowest BCUT2D eigenvalue weighted by Gasteiger charge is -2.32. The van der Waals surface area contributed by atoms with E-state index in [-0.39, 0.29) is 11.9 Å². The third kappa shape index (κ3) is 3.27. The molecule has 0 radical (unpaired) electrons. The average molecular weight is 263 g/mol. The average Bonchev–Trinajstić information content (AvgIpc) is 2.48. The molecule has 0 N–H and O–H groups in total. The zero-order valence-corrected chi connectivity index (χ0v) is 10.9. The molecule has 1 aliphatic rings. The van der Waals surface area contributed by atoms with Crippen molar-refractivity contribution in [1.82, 2.24) is 9.97 Å². The molecule has 6 heteroatoms. The van der Waals surface area contributed by atoms with E-state index in [1.54, 1.807) is 6.20 Å². The van der Waals surface area contributed by atoms with Crippen LogP contribution < -0.4 is 4.90 Å². The monoisotopic (exact) mass is 263 g/mol. The molecule has 1 atom stereocenters. The summed E-state index contributed by atoms with van der Waals surface area (Å²) >= 11 is 0. The van der Waals surface area contributed by atoms with Gasteiger partial charge in [0.1, 0.15) is 11.5 Å². The van der Waals surface area contributed by atoms with E-state index < -0.39 is 0 Å². The number of aromatic nitrogens is 2. The minimum Gasteiger partial charge on any atom is -0.466 e. The maximum atomic E-state index is 11.7. The lowest BCUT2D eigenvalue weighted by atomic mass is 9.98. The Morgan fingerprint density at radius 3 is 3.00 bits per heavy atom. The van der Waals surface area contributed by atoms with E-state index in [0.717, 1.165) is 19.4 Å². The van der Waals surface area contributed by atoms with E-state index in [0.29, 0.717) is 30.9 Å². The summed E-state index contributed by atoms with van der Waals surface area (Å²) in [6, 6.07) is 0. The van der Waals surface area contributed by atoms with Crippen LogP contribution in [0.4, 0.5) is 5.82 Å². The van der Waals surface area contributed by atoms with Gasteiger partial charge >= 0.3 is 5.97 Å². The zero-order valence-electron chi connectivity index (χ0n) is 10.9. The summed E-state index contributed by atoms with van der Waals surface area (Å²) in [6.07, 6.45) is 5.43. The first-order valence-electron chi connectivity index (χ1n) is 6.43. The molecule has 19 heavy (non-hydrogen) atoms. The number of hydrogen-bond acceptors (Lipinski definition) is 6. The van der Waals surface area contributed by atoms with Crippen molar-refractivity contribution in [3.63, 3.8) is 0 Å². The minimum absolute atomic E-state index is 0.110. The van der Waals surface area contributed by atoms with Crippen molar-refractivity contribution < 1.29 is 14.3 Å². The van der Waals surface area contributed by atoms with Crippen molar-refractivity contribution in [2.45, 2.75) is 19.8 Å². The predicted molar refractivity (Wildman–Crippen MR) is 69.0 cm³/mol. The first kappa shape index (κ1) is 13.5. The van der Waals surface area contributed by atoms with E-state index in [9.17, 15) is 9.59 Å². The van der Waals surface area contributed by atoms with Gasteiger partial charge in [-0.05, 0) is 19.8 Å². The molecule has 1 saturated heterocycles. The Labute approximate surface area is 111 Å². The number of aldehydes is 1. The summed E-state index contributed by atoms with van der Waals surface area (Å²) in [6.45, 7) is 3.64. The van der Waals surface area contributed by atoms with Crippen LogP contribution >= 0.6 is 0 Å². The van der Waals surface area contributed by atoms with Crippen LogP contribution in [-0.4, -0.2) is 41.9 Å². The molecule has 0 saturated carbocycles. The molecule has 0 aliphatic carbocycles. The van der Waals surface area contributed by atoms with Crippen molar-refractivity contribution in [3.8, 4) is 0 Å². The molecular formula is C13H17N3O3. The Balaban J connectivity index is 2.03. The number of nitrogens with zero attached hydrogens (tertiary/aromatic N) is 3. The summed E-state index contributed by atoms with van der Waals surface area (Å²) < 4.78 is 5.05. The Morgan fingerprint density at radius 2 is 2.37 bits per heavy atom. The molecule has 1 aromatic rings. The topological polar surface area (TPSA) is 72.4 Å². The standard InChI is InChI=1S/C13H17N3O3/c1-2-19-13(18)10-4-3-5-16(8-10)12-7-14-11(9-17)6-15-12/h6-7,9-10H,2-5,8H2,1H3. The lowest BCUT2D eigenvalue weighted by Crippen LogP contribution is -2.39. The molecule has 1 fully saturated rings. The summed E-state index contributed by atoms with van der Waals surface area (Å²) in [5.41, 5.74) is 0.308. The van der Waals surface area contributed by atoms with Crippen LogP contribution in [-0.2, 0) is 9.53 Å². The maximum absolute atomic E-state index is 11.7. The van der Waals surface area contributed by atoms with Gasteiger partial charge in [-0.3, -0.25) is 9.59 Å². The largest absolute Gasteiger partial charge is 0.466 e. The molecular weight excluding hydrogens is 246 g/mol. The van der Waals surface area contributed by atoms with E-state index in [1.165, 1.54) is 6.20 Å². The van der Waals surface area contributed by atoms with Crippen molar-refractivity contribution >= 4 is 18.1 Å². The normalized spacial score (nSPS) is 19.0. The molecule has 1 unspecified atom stereocenters. The van der Waals surface area contributed by atoms with Crippen molar-refractivity contribution in [2.24, 2.45) is 5.92 Å².